The van der Waals surface area contributed by atoms with E-state index >= 15 is 0 Å². The van der Waals surface area contributed by atoms with Gasteiger partial charge < -0.3 is 4.90 Å². The first-order valence-corrected chi connectivity index (χ1v) is 8.14. The van der Waals surface area contributed by atoms with E-state index in [2.05, 4.69) is 30.1 Å². The monoisotopic (exact) mass is 345 g/mol. The van der Waals surface area contributed by atoms with Gasteiger partial charge in [0.2, 0.25) is 0 Å². The number of hydrogen-bond acceptors (Lipinski definition) is 2. The van der Waals surface area contributed by atoms with E-state index in [0.29, 0.717) is 5.92 Å². The van der Waals surface area contributed by atoms with Gasteiger partial charge >= 0.3 is 0 Å². The third-order valence-corrected chi connectivity index (χ3v) is 4.79. The Kier molecular flexibility index (Phi) is 4.88. The second-order valence-corrected chi connectivity index (χ2v) is 6.37. The van der Waals surface area contributed by atoms with Crippen molar-refractivity contribution in [1.82, 2.24) is 14.7 Å². The highest BCUT2D eigenvalue weighted by Crippen LogP contribution is 2.33. The van der Waals surface area contributed by atoms with E-state index in [1.807, 2.05) is 10.7 Å². The van der Waals surface area contributed by atoms with Crippen LogP contribution in [0.4, 0.5) is 4.39 Å². The molecule has 1 fully saturated rings. The summed E-state index contributed by atoms with van der Waals surface area (Å²) in [5.41, 5.74) is 3.17. The van der Waals surface area contributed by atoms with Gasteiger partial charge in [0.25, 0.3) is 0 Å². The molecule has 1 aromatic heterocycles. The summed E-state index contributed by atoms with van der Waals surface area (Å²) < 4.78 is 15.2. The molecular weight excluding hydrogens is 325 g/mol. The number of aromatic nitrogens is 2. The lowest BCUT2D eigenvalue weighted by Crippen LogP contribution is -2.29. The van der Waals surface area contributed by atoms with E-state index in [0.717, 1.165) is 37.1 Å². The molecule has 0 atom stereocenters. The Morgan fingerprint density at radius 3 is 2.38 bits per heavy atom. The number of benzene rings is 2. The molecular formula is C19H21ClFN3. The molecule has 5 heteroatoms. The van der Waals surface area contributed by atoms with Crippen molar-refractivity contribution in [3.63, 3.8) is 0 Å². The normalized spacial score (nSPS) is 16.2. The first-order valence-electron chi connectivity index (χ1n) is 8.14. The van der Waals surface area contributed by atoms with E-state index in [-0.39, 0.29) is 18.2 Å². The Balaban J connectivity index is 0.00000169. The zero-order chi connectivity index (χ0) is 15.8. The van der Waals surface area contributed by atoms with Crippen LogP contribution in [0.2, 0.25) is 0 Å². The van der Waals surface area contributed by atoms with E-state index in [4.69, 9.17) is 5.10 Å². The van der Waals surface area contributed by atoms with Gasteiger partial charge in [0.05, 0.1) is 16.9 Å². The third kappa shape index (κ3) is 3.04. The Morgan fingerprint density at radius 2 is 1.67 bits per heavy atom. The molecule has 1 saturated heterocycles. The molecule has 4 rings (SSSR count). The number of rotatable bonds is 2. The quantitative estimate of drug-likeness (QED) is 0.686. The highest BCUT2D eigenvalue weighted by Gasteiger charge is 2.24. The zero-order valence-electron chi connectivity index (χ0n) is 13.7. The van der Waals surface area contributed by atoms with Crippen molar-refractivity contribution in [1.29, 1.82) is 0 Å². The van der Waals surface area contributed by atoms with Gasteiger partial charge in [-0.25, -0.2) is 9.07 Å². The zero-order valence-corrected chi connectivity index (χ0v) is 14.5. The van der Waals surface area contributed by atoms with E-state index in [9.17, 15) is 4.39 Å². The first kappa shape index (κ1) is 16.9. The largest absolute Gasteiger partial charge is 0.306 e. The second kappa shape index (κ2) is 6.91. The molecule has 3 nitrogen and oxygen atoms in total. The highest BCUT2D eigenvalue weighted by atomic mass is 35.5. The van der Waals surface area contributed by atoms with Crippen LogP contribution < -0.4 is 0 Å². The lowest BCUT2D eigenvalue weighted by Gasteiger charge is -2.28. The van der Waals surface area contributed by atoms with Crippen LogP contribution in [-0.2, 0) is 0 Å². The van der Waals surface area contributed by atoms with Crippen LogP contribution in [0.25, 0.3) is 16.6 Å². The fraction of sp³-hybridized carbons (Fsp3) is 0.316. The van der Waals surface area contributed by atoms with Crippen molar-refractivity contribution in [3.05, 3.63) is 60.0 Å². The smallest absolute Gasteiger partial charge is 0.123 e. The number of fused-ring (bicyclic) bond motifs is 1. The summed E-state index contributed by atoms with van der Waals surface area (Å²) in [5.74, 6) is 0.276. The molecule has 2 aromatic carbocycles. The standard InChI is InChI=1S/C19H20FN3.ClH/c1-22-12-10-14(11-13-22)19-17-4-2-3-5-18(17)23(21-19)16-8-6-15(20)7-9-16;/h2-9,14H,10-13H2,1H3;1H. The summed E-state index contributed by atoms with van der Waals surface area (Å²) in [6, 6.07) is 14.9. The average Bonchev–Trinajstić information content (AvgIpc) is 2.96. The SMILES string of the molecule is CN1CCC(c2nn(-c3ccc(F)cc3)c3ccccc23)CC1.Cl. The van der Waals surface area contributed by atoms with Crippen LogP contribution in [-0.4, -0.2) is 34.8 Å². The average molecular weight is 346 g/mol. The summed E-state index contributed by atoms with van der Waals surface area (Å²) in [5, 5.41) is 6.13. The van der Waals surface area contributed by atoms with E-state index in [1.165, 1.54) is 23.2 Å². The van der Waals surface area contributed by atoms with E-state index < -0.39 is 0 Å². The van der Waals surface area contributed by atoms with Crippen LogP contribution in [0.1, 0.15) is 24.5 Å². The number of piperidine rings is 1. The summed E-state index contributed by atoms with van der Waals surface area (Å²) in [6.07, 6.45) is 2.28. The van der Waals surface area contributed by atoms with Gasteiger partial charge in [0.1, 0.15) is 5.82 Å². The van der Waals surface area contributed by atoms with Gasteiger partial charge in [-0.05, 0) is 63.3 Å². The molecule has 0 amide bonds. The molecule has 0 spiro atoms. The number of halogens is 2. The van der Waals surface area contributed by atoms with Crippen LogP contribution >= 0.6 is 12.4 Å². The summed E-state index contributed by atoms with van der Waals surface area (Å²) in [7, 11) is 2.17. The Labute approximate surface area is 147 Å². The summed E-state index contributed by atoms with van der Waals surface area (Å²) in [4.78, 5) is 2.37. The maximum Gasteiger partial charge on any atom is 0.123 e. The first-order chi connectivity index (χ1) is 11.2. The minimum Gasteiger partial charge on any atom is -0.306 e. The maximum absolute atomic E-state index is 13.2. The maximum atomic E-state index is 13.2. The second-order valence-electron chi connectivity index (χ2n) is 6.37. The fourth-order valence-electron chi connectivity index (χ4n) is 3.45. The van der Waals surface area contributed by atoms with Crippen LogP contribution in [0, 0.1) is 5.82 Å². The fourth-order valence-corrected chi connectivity index (χ4v) is 3.45. The molecule has 0 radical (unpaired) electrons. The van der Waals surface area contributed by atoms with Crippen molar-refractivity contribution in [2.45, 2.75) is 18.8 Å². The molecule has 24 heavy (non-hydrogen) atoms. The van der Waals surface area contributed by atoms with Crippen LogP contribution in [0.3, 0.4) is 0 Å². The number of hydrogen-bond donors (Lipinski definition) is 0. The molecule has 126 valence electrons. The van der Waals surface area contributed by atoms with Crippen molar-refractivity contribution >= 4 is 23.3 Å². The summed E-state index contributed by atoms with van der Waals surface area (Å²) in [6.45, 7) is 2.23. The predicted octanol–water partition coefficient (Wildman–Crippen LogP) is 4.40. The van der Waals surface area contributed by atoms with Gasteiger partial charge in [0, 0.05) is 11.3 Å². The molecule has 0 unspecified atom stereocenters. The molecule has 2 heterocycles. The summed E-state index contributed by atoms with van der Waals surface area (Å²) >= 11 is 0. The lowest BCUT2D eigenvalue weighted by atomic mass is 9.92. The van der Waals surface area contributed by atoms with Crippen molar-refractivity contribution < 1.29 is 4.39 Å². The number of para-hydroxylation sites is 1. The lowest BCUT2D eigenvalue weighted by molar-refractivity contribution is 0.253. The number of nitrogens with zero attached hydrogens (tertiary/aromatic N) is 3. The number of likely N-dealkylation sites (tertiary alicyclic amines) is 1. The minimum absolute atomic E-state index is 0. The minimum atomic E-state index is -0.222. The van der Waals surface area contributed by atoms with Crippen molar-refractivity contribution in [2.75, 3.05) is 20.1 Å². The van der Waals surface area contributed by atoms with Crippen molar-refractivity contribution in [3.8, 4) is 5.69 Å². The van der Waals surface area contributed by atoms with Gasteiger partial charge in [0.15, 0.2) is 0 Å². The van der Waals surface area contributed by atoms with Gasteiger partial charge in [-0.15, -0.1) is 12.4 Å². The molecule has 0 bridgehead atoms. The van der Waals surface area contributed by atoms with Crippen molar-refractivity contribution in [2.24, 2.45) is 0 Å². The third-order valence-electron chi connectivity index (χ3n) is 4.79. The molecule has 1 aliphatic heterocycles. The predicted molar refractivity (Wildman–Crippen MR) is 97.7 cm³/mol. The molecule has 0 aliphatic carbocycles. The Hall–Kier alpha value is -1.91. The molecule has 3 aromatic rings. The topological polar surface area (TPSA) is 21.1 Å². The molecule has 0 N–H and O–H groups in total. The van der Waals surface area contributed by atoms with Crippen LogP contribution in [0.15, 0.2) is 48.5 Å². The highest BCUT2D eigenvalue weighted by molar-refractivity contribution is 5.85. The van der Waals surface area contributed by atoms with Gasteiger partial charge in [-0.1, -0.05) is 18.2 Å². The Bertz CT molecular complexity index is 820. The van der Waals surface area contributed by atoms with Gasteiger partial charge in [-0.2, -0.15) is 5.10 Å². The van der Waals surface area contributed by atoms with E-state index in [1.54, 1.807) is 12.1 Å². The van der Waals surface area contributed by atoms with Crippen LogP contribution in [0.5, 0.6) is 0 Å². The molecule has 0 saturated carbocycles. The molecule has 1 aliphatic rings. The Morgan fingerprint density at radius 1 is 1.00 bits per heavy atom. The van der Waals surface area contributed by atoms with Gasteiger partial charge in [-0.3, -0.25) is 0 Å².